The van der Waals surface area contributed by atoms with E-state index in [0.29, 0.717) is 30.5 Å². The highest BCUT2D eigenvalue weighted by atomic mass is 35.5. The zero-order chi connectivity index (χ0) is 14.7. The zero-order valence-electron chi connectivity index (χ0n) is 12.2. The van der Waals surface area contributed by atoms with Crippen LogP contribution in [0.15, 0.2) is 36.7 Å². The molecule has 0 aliphatic carbocycles. The van der Waals surface area contributed by atoms with Gasteiger partial charge >= 0.3 is 0 Å². The fourth-order valence-corrected chi connectivity index (χ4v) is 2.58. The van der Waals surface area contributed by atoms with Crippen LogP contribution in [0.3, 0.4) is 0 Å². The van der Waals surface area contributed by atoms with Gasteiger partial charge in [0.2, 0.25) is 0 Å². The minimum Gasteiger partial charge on any atom is -0.486 e. The number of nitrogens with zero attached hydrogens (tertiary/aromatic N) is 1. The van der Waals surface area contributed by atoms with Gasteiger partial charge < -0.3 is 14.8 Å². The molecular weight excluding hydrogens is 323 g/mol. The monoisotopic (exact) mass is 340 g/mol. The highest BCUT2D eigenvalue weighted by Crippen LogP contribution is 2.38. The van der Waals surface area contributed by atoms with Crippen molar-refractivity contribution in [1.82, 2.24) is 10.3 Å². The Balaban J connectivity index is 0.00000176. The molecule has 22 heavy (non-hydrogen) atoms. The van der Waals surface area contributed by atoms with E-state index in [2.05, 4.69) is 23.3 Å². The van der Waals surface area contributed by atoms with Crippen LogP contribution in [0.4, 0.5) is 0 Å². The molecule has 6 heteroatoms. The van der Waals surface area contributed by atoms with Gasteiger partial charge in [-0.1, -0.05) is 17.7 Å². The summed E-state index contributed by atoms with van der Waals surface area (Å²) in [6.07, 6.45) is 3.64. The Hall–Kier alpha value is -1.49. The van der Waals surface area contributed by atoms with Crippen LogP contribution in [-0.4, -0.2) is 18.2 Å². The molecule has 0 saturated carbocycles. The molecule has 2 aromatic rings. The Morgan fingerprint density at radius 2 is 2.14 bits per heavy atom. The van der Waals surface area contributed by atoms with Crippen molar-refractivity contribution < 1.29 is 9.47 Å². The molecule has 0 fully saturated rings. The van der Waals surface area contributed by atoms with E-state index < -0.39 is 0 Å². The van der Waals surface area contributed by atoms with E-state index in [0.717, 1.165) is 16.9 Å². The predicted molar refractivity (Wildman–Crippen MR) is 89.2 cm³/mol. The summed E-state index contributed by atoms with van der Waals surface area (Å²) in [5.74, 6) is 1.37. The lowest BCUT2D eigenvalue weighted by atomic mass is 10.1. The van der Waals surface area contributed by atoms with Gasteiger partial charge in [-0.3, -0.25) is 4.98 Å². The molecule has 0 amide bonds. The van der Waals surface area contributed by atoms with Crippen LogP contribution in [0.5, 0.6) is 11.5 Å². The molecule has 1 unspecified atom stereocenters. The van der Waals surface area contributed by atoms with Gasteiger partial charge in [-0.25, -0.2) is 0 Å². The Morgan fingerprint density at radius 3 is 2.91 bits per heavy atom. The maximum absolute atomic E-state index is 6.24. The first-order chi connectivity index (χ1) is 10.2. The molecule has 0 saturated heterocycles. The molecule has 0 spiro atoms. The molecule has 1 aromatic heterocycles. The number of halogens is 2. The van der Waals surface area contributed by atoms with Gasteiger partial charge in [0.25, 0.3) is 0 Å². The number of aromatic nitrogens is 1. The Kier molecular flexibility index (Phi) is 5.89. The molecular formula is C16H18Cl2N2O2. The fourth-order valence-electron chi connectivity index (χ4n) is 2.29. The third-order valence-corrected chi connectivity index (χ3v) is 3.73. The smallest absolute Gasteiger partial charge is 0.179 e. The van der Waals surface area contributed by atoms with Crippen molar-refractivity contribution in [3.05, 3.63) is 52.8 Å². The highest BCUT2D eigenvalue weighted by molar-refractivity contribution is 6.32. The second-order valence-electron chi connectivity index (χ2n) is 4.99. The Morgan fingerprint density at radius 1 is 1.32 bits per heavy atom. The average molecular weight is 341 g/mol. The van der Waals surface area contributed by atoms with E-state index in [9.17, 15) is 0 Å². The minimum absolute atomic E-state index is 0. The first-order valence-electron chi connectivity index (χ1n) is 6.95. The number of fused-ring (bicyclic) bond motifs is 1. The van der Waals surface area contributed by atoms with Crippen molar-refractivity contribution in [3.8, 4) is 11.5 Å². The van der Waals surface area contributed by atoms with Crippen LogP contribution in [0.25, 0.3) is 0 Å². The first-order valence-corrected chi connectivity index (χ1v) is 7.33. The number of benzene rings is 1. The number of nitrogens with one attached hydrogen (secondary N) is 1. The molecule has 0 radical (unpaired) electrons. The molecule has 3 rings (SSSR count). The van der Waals surface area contributed by atoms with E-state index in [1.165, 1.54) is 0 Å². The third-order valence-electron chi connectivity index (χ3n) is 3.45. The average Bonchev–Trinajstić information content (AvgIpc) is 2.53. The number of ether oxygens (including phenoxy) is 2. The standard InChI is InChI=1S/C16H17ClN2O2.ClH/c1-11(13-3-2-4-18-10-13)19-9-12-7-14(17)16-15(8-12)20-5-6-21-16;/h2-4,7-8,10-11,19H,5-6,9H2,1H3;1H. The van der Waals surface area contributed by atoms with Gasteiger partial charge in [0.15, 0.2) is 11.5 Å². The number of hydrogen-bond donors (Lipinski definition) is 1. The summed E-state index contributed by atoms with van der Waals surface area (Å²) in [6.45, 7) is 3.91. The fraction of sp³-hybridized carbons (Fsp3) is 0.312. The lowest BCUT2D eigenvalue weighted by molar-refractivity contribution is 0.171. The summed E-state index contributed by atoms with van der Waals surface area (Å²) in [7, 11) is 0. The summed E-state index contributed by atoms with van der Waals surface area (Å²) >= 11 is 6.24. The number of rotatable bonds is 4. The SMILES string of the molecule is CC(NCc1cc(Cl)c2c(c1)OCCO2)c1cccnc1.Cl. The van der Waals surface area contributed by atoms with Crippen molar-refractivity contribution in [3.63, 3.8) is 0 Å². The normalized spacial score (nSPS) is 14.1. The Labute approximate surface area is 141 Å². The molecule has 1 aromatic carbocycles. The van der Waals surface area contributed by atoms with Gasteiger partial charge in [-0.05, 0) is 36.2 Å². The number of pyridine rings is 1. The van der Waals surface area contributed by atoms with E-state index in [4.69, 9.17) is 21.1 Å². The molecule has 118 valence electrons. The lowest BCUT2D eigenvalue weighted by Crippen LogP contribution is -2.19. The first kappa shape index (κ1) is 16.9. The molecule has 1 aliphatic heterocycles. The predicted octanol–water partition coefficient (Wildman–Crippen LogP) is 3.78. The van der Waals surface area contributed by atoms with Crippen LogP contribution in [0.1, 0.15) is 24.1 Å². The highest BCUT2D eigenvalue weighted by Gasteiger charge is 2.16. The van der Waals surface area contributed by atoms with Crippen molar-refractivity contribution >= 4 is 24.0 Å². The molecule has 0 bridgehead atoms. The number of hydrogen-bond acceptors (Lipinski definition) is 4. The van der Waals surface area contributed by atoms with Crippen molar-refractivity contribution in [2.45, 2.75) is 19.5 Å². The third kappa shape index (κ3) is 3.83. The van der Waals surface area contributed by atoms with E-state index in [-0.39, 0.29) is 18.4 Å². The summed E-state index contributed by atoms with van der Waals surface area (Å²) in [4.78, 5) is 4.13. The van der Waals surface area contributed by atoms with Crippen LogP contribution in [0, 0.1) is 0 Å². The van der Waals surface area contributed by atoms with Crippen molar-refractivity contribution in [1.29, 1.82) is 0 Å². The largest absolute Gasteiger partial charge is 0.486 e. The Bertz CT molecular complexity index is 623. The van der Waals surface area contributed by atoms with Crippen LogP contribution in [-0.2, 0) is 6.54 Å². The molecule has 4 nitrogen and oxygen atoms in total. The second-order valence-corrected chi connectivity index (χ2v) is 5.40. The molecule has 1 atom stereocenters. The van der Waals surface area contributed by atoms with Gasteiger partial charge in [0.05, 0.1) is 5.02 Å². The second kappa shape index (κ2) is 7.68. The summed E-state index contributed by atoms with van der Waals surface area (Å²) in [5, 5.41) is 4.05. The molecule has 1 N–H and O–H groups in total. The zero-order valence-corrected chi connectivity index (χ0v) is 13.8. The van der Waals surface area contributed by atoms with E-state index in [1.54, 1.807) is 6.20 Å². The topological polar surface area (TPSA) is 43.4 Å². The van der Waals surface area contributed by atoms with E-state index in [1.807, 2.05) is 24.4 Å². The van der Waals surface area contributed by atoms with Crippen molar-refractivity contribution in [2.24, 2.45) is 0 Å². The maximum Gasteiger partial charge on any atom is 0.179 e. The van der Waals surface area contributed by atoms with Gasteiger partial charge in [-0.2, -0.15) is 0 Å². The maximum atomic E-state index is 6.24. The van der Waals surface area contributed by atoms with Crippen LogP contribution in [0.2, 0.25) is 5.02 Å². The lowest BCUT2D eigenvalue weighted by Gasteiger charge is -2.21. The van der Waals surface area contributed by atoms with Gasteiger partial charge in [0.1, 0.15) is 13.2 Å². The molecule has 2 heterocycles. The minimum atomic E-state index is 0. The quantitative estimate of drug-likeness (QED) is 0.919. The van der Waals surface area contributed by atoms with Crippen LogP contribution >= 0.6 is 24.0 Å². The summed E-state index contributed by atoms with van der Waals surface area (Å²) < 4.78 is 11.1. The van der Waals surface area contributed by atoms with Gasteiger partial charge in [-0.15, -0.1) is 12.4 Å². The molecule has 1 aliphatic rings. The van der Waals surface area contributed by atoms with Crippen molar-refractivity contribution in [2.75, 3.05) is 13.2 Å². The summed E-state index contributed by atoms with van der Waals surface area (Å²) in [6, 6.07) is 8.10. The van der Waals surface area contributed by atoms with E-state index >= 15 is 0 Å². The van der Waals surface area contributed by atoms with Crippen LogP contribution < -0.4 is 14.8 Å². The van der Waals surface area contributed by atoms with Gasteiger partial charge in [0, 0.05) is 25.0 Å². The summed E-state index contributed by atoms with van der Waals surface area (Å²) in [5.41, 5.74) is 2.22.